The summed E-state index contributed by atoms with van der Waals surface area (Å²) in [6, 6.07) is 17.3. The zero-order valence-electron chi connectivity index (χ0n) is 16.7. The van der Waals surface area contributed by atoms with Gasteiger partial charge in [-0.25, -0.2) is 13.4 Å². The highest BCUT2D eigenvalue weighted by Crippen LogP contribution is 2.19. The normalized spacial score (nSPS) is 14.7. The molecule has 2 heterocycles. The first-order valence-corrected chi connectivity index (χ1v) is 11.3. The van der Waals surface area contributed by atoms with Crippen LogP contribution in [0.5, 0.6) is 0 Å². The van der Waals surface area contributed by atoms with Gasteiger partial charge in [-0.3, -0.25) is 4.79 Å². The van der Waals surface area contributed by atoms with Gasteiger partial charge in [0.25, 0.3) is 5.56 Å². The molecule has 4 rings (SSSR count). The lowest BCUT2D eigenvalue weighted by Gasteiger charge is -2.25. The van der Waals surface area contributed by atoms with Crippen LogP contribution >= 0.6 is 0 Å². The summed E-state index contributed by atoms with van der Waals surface area (Å²) in [5.41, 5.74) is 3.88. The van der Waals surface area contributed by atoms with Crippen molar-refractivity contribution in [3.05, 3.63) is 104 Å². The Labute approximate surface area is 176 Å². The monoisotopic (exact) mass is 421 g/mol. The molecular weight excluding hydrogens is 398 g/mol. The highest BCUT2D eigenvalue weighted by molar-refractivity contribution is 7.92. The van der Waals surface area contributed by atoms with E-state index in [1.54, 1.807) is 6.08 Å². The van der Waals surface area contributed by atoms with Crippen LogP contribution in [0.1, 0.15) is 33.8 Å². The van der Waals surface area contributed by atoms with Crippen molar-refractivity contribution in [1.82, 2.24) is 14.3 Å². The van der Waals surface area contributed by atoms with Crippen molar-refractivity contribution in [1.29, 1.82) is 0 Å². The van der Waals surface area contributed by atoms with Gasteiger partial charge in [-0.15, -0.1) is 0 Å². The van der Waals surface area contributed by atoms with Gasteiger partial charge in [-0.1, -0.05) is 60.2 Å². The standard InChI is InChI=1S/C23H23N3O3S/c1-17-7-9-19(10-8-17)15-22-24-21-11-13-26(16-20(21)23(27)25-22)30(28,29)14-12-18-5-3-2-4-6-18/h2-10,12,14H,11,13,15-16H2,1H3,(H,24,25,27)/b14-12+. The minimum Gasteiger partial charge on any atom is -0.310 e. The number of hydrogen-bond donors (Lipinski definition) is 1. The number of hydrogen-bond acceptors (Lipinski definition) is 4. The van der Waals surface area contributed by atoms with E-state index >= 15 is 0 Å². The molecule has 0 amide bonds. The molecule has 1 aliphatic rings. The Morgan fingerprint density at radius 3 is 2.57 bits per heavy atom. The summed E-state index contributed by atoms with van der Waals surface area (Å²) >= 11 is 0. The highest BCUT2D eigenvalue weighted by atomic mass is 32.2. The van der Waals surface area contributed by atoms with Crippen molar-refractivity contribution < 1.29 is 8.42 Å². The fraction of sp³-hybridized carbons (Fsp3) is 0.217. The molecule has 30 heavy (non-hydrogen) atoms. The third-order valence-electron chi connectivity index (χ3n) is 5.17. The van der Waals surface area contributed by atoms with E-state index in [0.717, 1.165) is 11.1 Å². The smallest absolute Gasteiger partial charge is 0.255 e. The molecule has 3 aromatic rings. The van der Waals surface area contributed by atoms with Gasteiger partial charge in [0.15, 0.2) is 0 Å². The Kier molecular flexibility index (Phi) is 5.65. The van der Waals surface area contributed by atoms with Crippen molar-refractivity contribution in [3.8, 4) is 0 Å². The number of rotatable bonds is 5. The lowest BCUT2D eigenvalue weighted by atomic mass is 10.1. The number of H-pyrrole nitrogens is 1. The number of aromatic amines is 1. The Morgan fingerprint density at radius 2 is 1.83 bits per heavy atom. The van der Waals surface area contributed by atoms with E-state index in [1.807, 2.05) is 61.5 Å². The molecule has 1 N–H and O–H groups in total. The maximum atomic E-state index is 12.7. The molecule has 0 radical (unpaired) electrons. The number of nitrogens with zero attached hydrogens (tertiary/aromatic N) is 2. The van der Waals surface area contributed by atoms with Crippen LogP contribution in [0.3, 0.4) is 0 Å². The fourth-order valence-electron chi connectivity index (χ4n) is 3.47. The molecular formula is C23H23N3O3S. The largest absolute Gasteiger partial charge is 0.310 e. The maximum Gasteiger partial charge on any atom is 0.255 e. The molecule has 154 valence electrons. The molecule has 0 saturated carbocycles. The second-order valence-corrected chi connectivity index (χ2v) is 9.26. The van der Waals surface area contributed by atoms with Gasteiger partial charge in [-0.2, -0.15) is 4.31 Å². The summed E-state index contributed by atoms with van der Waals surface area (Å²) in [6.45, 7) is 2.36. The lowest BCUT2D eigenvalue weighted by molar-refractivity contribution is 0.390. The van der Waals surface area contributed by atoms with E-state index in [4.69, 9.17) is 0 Å². The SMILES string of the molecule is Cc1ccc(Cc2nc3c(c(=O)[nH]2)CN(S(=O)(=O)/C=C/c2ccccc2)CC3)cc1. The van der Waals surface area contributed by atoms with Crippen molar-refractivity contribution in [2.75, 3.05) is 6.54 Å². The average Bonchev–Trinajstić information content (AvgIpc) is 2.74. The number of aromatic nitrogens is 2. The summed E-state index contributed by atoms with van der Waals surface area (Å²) < 4.78 is 26.8. The quantitative estimate of drug-likeness (QED) is 0.686. The molecule has 0 saturated heterocycles. The van der Waals surface area contributed by atoms with Crippen molar-refractivity contribution >= 4 is 16.1 Å². The van der Waals surface area contributed by atoms with Crippen LogP contribution < -0.4 is 5.56 Å². The first-order valence-electron chi connectivity index (χ1n) is 9.80. The van der Waals surface area contributed by atoms with E-state index in [0.29, 0.717) is 36.5 Å². The second-order valence-electron chi connectivity index (χ2n) is 7.44. The van der Waals surface area contributed by atoms with Gasteiger partial charge >= 0.3 is 0 Å². The molecule has 2 aromatic carbocycles. The molecule has 0 spiro atoms. The number of aryl methyl sites for hydroxylation is 1. The molecule has 1 aliphatic heterocycles. The summed E-state index contributed by atoms with van der Waals surface area (Å²) in [5.74, 6) is 0.600. The molecule has 7 heteroatoms. The van der Waals surface area contributed by atoms with Crippen LogP contribution in [0.25, 0.3) is 6.08 Å². The predicted molar refractivity (Wildman–Crippen MR) is 117 cm³/mol. The van der Waals surface area contributed by atoms with Crippen LogP contribution in [-0.2, 0) is 29.4 Å². The Hall–Kier alpha value is -3.03. The van der Waals surface area contributed by atoms with E-state index in [9.17, 15) is 13.2 Å². The topological polar surface area (TPSA) is 83.1 Å². The molecule has 0 fully saturated rings. The minimum atomic E-state index is -3.63. The van der Waals surface area contributed by atoms with Gasteiger partial charge in [0.2, 0.25) is 10.0 Å². The average molecular weight is 422 g/mol. The Morgan fingerprint density at radius 1 is 1.10 bits per heavy atom. The molecule has 1 aromatic heterocycles. The zero-order valence-corrected chi connectivity index (χ0v) is 17.5. The summed E-state index contributed by atoms with van der Waals surface area (Å²) in [7, 11) is -3.63. The van der Waals surface area contributed by atoms with Crippen LogP contribution in [0.2, 0.25) is 0 Å². The summed E-state index contributed by atoms with van der Waals surface area (Å²) in [5, 5.41) is 1.20. The Bertz CT molecular complexity index is 1230. The number of nitrogens with one attached hydrogen (secondary N) is 1. The maximum absolute atomic E-state index is 12.7. The summed E-state index contributed by atoms with van der Waals surface area (Å²) in [6.07, 6.45) is 2.52. The van der Waals surface area contributed by atoms with Gasteiger partial charge < -0.3 is 4.98 Å². The van der Waals surface area contributed by atoms with Crippen LogP contribution in [0, 0.1) is 6.92 Å². The third-order valence-corrected chi connectivity index (χ3v) is 6.68. The van der Waals surface area contributed by atoms with Gasteiger partial charge in [0.05, 0.1) is 11.3 Å². The first-order chi connectivity index (χ1) is 14.4. The zero-order chi connectivity index (χ0) is 21.1. The Balaban J connectivity index is 1.53. The van der Waals surface area contributed by atoms with E-state index < -0.39 is 10.0 Å². The number of sulfonamides is 1. The van der Waals surface area contributed by atoms with Gasteiger partial charge in [0, 0.05) is 31.3 Å². The van der Waals surface area contributed by atoms with Gasteiger partial charge in [-0.05, 0) is 24.1 Å². The molecule has 0 bridgehead atoms. The molecule has 0 aliphatic carbocycles. The van der Waals surface area contributed by atoms with Crippen molar-refractivity contribution in [2.24, 2.45) is 0 Å². The molecule has 0 atom stereocenters. The summed E-state index contributed by atoms with van der Waals surface area (Å²) in [4.78, 5) is 20.1. The third kappa shape index (κ3) is 4.58. The van der Waals surface area contributed by atoms with Crippen LogP contribution in [0.4, 0.5) is 0 Å². The predicted octanol–water partition coefficient (Wildman–Crippen LogP) is 3.03. The van der Waals surface area contributed by atoms with Crippen LogP contribution in [-0.4, -0.2) is 29.2 Å². The fourth-order valence-corrected chi connectivity index (χ4v) is 4.62. The second kappa shape index (κ2) is 8.38. The lowest BCUT2D eigenvalue weighted by Crippen LogP contribution is -2.39. The van der Waals surface area contributed by atoms with Crippen molar-refractivity contribution in [2.45, 2.75) is 26.3 Å². The van der Waals surface area contributed by atoms with Crippen LogP contribution in [0.15, 0.2) is 64.8 Å². The minimum absolute atomic E-state index is 0.0317. The first kappa shape index (κ1) is 20.3. The van der Waals surface area contributed by atoms with Gasteiger partial charge in [0.1, 0.15) is 5.82 Å². The van der Waals surface area contributed by atoms with E-state index in [1.165, 1.54) is 15.3 Å². The number of benzene rings is 2. The van der Waals surface area contributed by atoms with E-state index in [-0.39, 0.29) is 12.1 Å². The molecule has 0 unspecified atom stereocenters. The number of fused-ring (bicyclic) bond motifs is 1. The van der Waals surface area contributed by atoms with E-state index in [2.05, 4.69) is 9.97 Å². The highest BCUT2D eigenvalue weighted by Gasteiger charge is 2.27. The van der Waals surface area contributed by atoms with Crippen molar-refractivity contribution in [3.63, 3.8) is 0 Å². The molecule has 6 nitrogen and oxygen atoms in total.